The molecule has 9 nitrogen and oxygen atoms in total. The van der Waals surface area contributed by atoms with Crippen molar-refractivity contribution in [1.29, 1.82) is 0 Å². The monoisotopic (exact) mass is 435 g/mol. The first kappa shape index (κ1) is 20.7. The van der Waals surface area contributed by atoms with Crippen LogP contribution in [0.5, 0.6) is 0 Å². The van der Waals surface area contributed by atoms with Gasteiger partial charge in [-0.25, -0.2) is 0 Å². The zero-order valence-electron chi connectivity index (χ0n) is 18.4. The van der Waals surface area contributed by atoms with Crippen LogP contribution in [0.1, 0.15) is 31.4 Å². The Hall–Kier alpha value is -3.20. The van der Waals surface area contributed by atoms with E-state index in [4.69, 9.17) is 4.74 Å². The van der Waals surface area contributed by atoms with Gasteiger partial charge in [0, 0.05) is 37.8 Å². The molecule has 0 aliphatic carbocycles. The number of carbonyl (C=O) groups is 1. The highest BCUT2D eigenvalue weighted by Crippen LogP contribution is 2.24. The number of piperidine rings is 1. The topological polar surface area (TPSA) is 87.9 Å². The lowest BCUT2D eigenvalue weighted by atomic mass is 9.95. The molecule has 168 valence electrons. The number of morpholine rings is 1. The molecule has 2 saturated heterocycles. The number of hydrogen-bond donors (Lipinski definition) is 1. The van der Waals surface area contributed by atoms with Gasteiger partial charge < -0.3 is 19.9 Å². The molecule has 5 rings (SSSR count). The van der Waals surface area contributed by atoms with E-state index in [1.807, 2.05) is 12.1 Å². The lowest BCUT2D eigenvalue weighted by molar-refractivity contribution is -0.126. The van der Waals surface area contributed by atoms with Crippen LogP contribution in [0.2, 0.25) is 0 Å². The van der Waals surface area contributed by atoms with Gasteiger partial charge in [-0.1, -0.05) is 12.1 Å². The second-order valence-corrected chi connectivity index (χ2v) is 8.51. The zero-order chi connectivity index (χ0) is 21.9. The second kappa shape index (κ2) is 9.12. The molecule has 0 bridgehead atoms. The molecule has 32 heavy (non-hydrogen) atoms. The normalized spacial score (nSPS) is 18.7. The SMILES string of the molecule is CC(NC(=O)C1CCN(c2ccc3nncn3n2)CC1)c1ccc(N2CCOCC2)cc1. The van der Waals surface area contributed by atoms with Gasteiger partial charge in [0.2, 0.25) is 5.91 Å². The van der Waals surface area contributed by atoms with Crippen molar-refractivity contribution in [1.82, 2.24) is 25.1 Å². The van der Waals surface area contributed by atoms with E-state index in [-0.39, 0.29) is 17.9 Å². The number of aromatic nitrogens is 4. The molecule has 1 unspecified atom stereocenters. The summed E-state index contributed by atoms with van der Waals surface area (Å²) in [5, 5.41) is 15.6. The van der Waals surface area contributed by atoms with Crippen LogP contribution in [-0.4, -0.2) is 65.1 Å². The number of ether oxygens (including phenoxy) is 1. The summed E-state index contributed by atoms with van der Waals surface area (Å²) in [7, 11) is 0. The lowest BCUT2D eigenvalue weighted by Crippen LogP contribution is -2.41. The molecule has 2 aliphatic rings. The van der Waals surface area contributed by atoms with Crippen molar-refractivity contribution in [2.24, 2.45) is 5.92 Å². The van der Waals surface area contributed by atoms with E-state index in [1.54, 1.807) is 10.8 Å². The van der Waals surface area contributed by atoms with Crippen LogP contribution in [0.3, 0.4) is 0 Å². The van der Waals surface area contributed by atoms with Crippen LogP contribution in [0.15, 0.2) is 42.7 Å². The quantitative estimate of drug-likeness (QED) is 0.656. The fourth-order valence-electron chi connectivity index (χ4n) is 4.47. The summed E-state index contributed by atoms with van der Waals surface area (Å²) >= 11 is 0. The smallest absolute Gasteiger partial charge is 0.223 e. The number of nitrogens with zero attached hydrogens (tertiary/aromatic N) is 6. The molecule has 0 spiro atoms. The third-order valence-electron chi connectivity index (χ3n) is 6.47. The van der Waals surface area contributed by atoms with Gasteiger partial charge in [-0.3, -0.25) is 4.79 Å². The average Bonchev–Trinajstić information content (AvgIpc) is 3.33. The summed E-state index contributed by atoms with van der Waals surface area (Å²) in [4.78, 5) is 17.4. The minimum absolute atomic E-state index is 0.0166. The van der Waals surface area contributed by atoms with E-state index in [9.17, 15) is 4.79 Å². The Labute approximate surface area is 187 Å². The van der Waals surface area contributed by atoms with Crippen LogP contribution in [0, 0.1) is 5.92 Å². The molecule has 9 heteroatoms. The van der Waals surface area contributed by atoms with Crippen LogP contribution in [0.4, 0.5) is 11.5 Å². The highest BCUT2D eigenvalue weighted by Gasteiger charge is 2.27. The Kier molecular flexibility index (Phi) is 5.89. The standard InChI is InChI=1S/C23H29N7O2/c1-17(18-2-4-20(5-3-18)28-12-14-32-15-13-28)25-23(31)19-8-10-29(11-9-19)22-7-6-21-26-24-16-30(21)27-22/h2-7,16-17,19H,8-15H2,1H3,(H,25,31). The molecular formula is C23H29N7O2. The second-order valence-electron chi connectivity index (χ2n) is 8.51. The van der Waals surface area contributed by atoms with Crippen molar-refractivity contribution in [2.75, 3.05) is 49.2 Å². The third-order valence-corrected chi connectivity index (χ3v) is 6.47. The maximum atomic E-state index is 12.9. The summed E-state index contributed by atoms with van der Waals surface area (Å²) < 4.78 is 7.11. The number of fused-ring (bicyclic) bond motifs is 1. The van der Waals surface area contributed by atoms with Crippen molar-refractivity contribution >= 4 is 23.1 Å². The zero-order valence-corrected chi connectivity index (χ0v) is 18.4. The van der Waals surface area contributed by atoms with Crippen molar-refractivity contribution in [3.8, 4) is 0 Å². The van der Waals surface area contributed by atoms with Gasteiger partial charge in [0.05, 0.1) is 19.3 Å². The summed E-state index contributed by atoms with van der Waals surface area (Å²) in [5.41, 5.74) is 3.07. The number of nitrogens with one attached hydrogen (secondary N) is 1. The van der Waals surface area contributed by atoms with Crippen molar-refractivity contribution in [3.05, 3.63) is 48.3 Å². The van der Waals surface area contributed by atoms with E-state index in [1.165, 1.54) is 5.69 Å². The van der Waals surface area contributed by atoms with Crippen LogP contribution in [0.25, 0.3) is 5.65 Å². The summed E-state index contributed by atoms with van der Waals surface area (Å²) in [6, 6.07) is 12.4. The van der Waals surface area contributed by atoms with Crippen LogP contribution in [-0.2, 0) is 9.53 Å². The largest absolute Gasteiger partial charge is 0.378 e. The molecule has 1 amide bonds. The van der Waals surface area contributed by atoms with Gasteiger partial charge in [-0.2, -0.15) is 4.52 Å². The molecule has 2 fully saturated rings. The van der Waals surface area contributed by atoms with Crippen molar-refractivity contribution in [3.63, 3.8) is 0 Å². The number of rotatable bonds is 5. The van der Waals surface area contributed by atoms with Gasteiger partial charge in [0.1, 0.15) is 12.1 Å². The number of benzene rings is 1. The summed E-state index contributed by atoms with van der Waals surface area (Å²) in [6.45, 7) is 7.06. The highest BCUT2D eigenvalue weighted by molar-refractivity contribution is 5.79. The maximum Gasteiger partial charge on any atom is 0.223 e. The van der Waals surface area contributed by atoms with Gasteiger partial charge in [0.25, 0.3) is 0 Å². The number of anilines is 2. The molecule has 0 radical (unpaired) electrons. The molecule has 1 N–H and O–H groups in total. The highest BCUT2D eigenvalue weighted by atomic mass is 16.5. The van der Waals surface area contributed by atoms with E-state index >= 15 is 0 Å². The Morgan fingerprint density at radius 3 is 2.53 bits per heavy atom. The van der Waals surface area contributed by atoms with E-state index in [0.717, 1.165) is 69.3 Å². The Bertz CT molecular complexity index is 1050. The first-order valence-corrected chi connectivity index (χ1v) is 11.3. The Morgan fingerprint density at radius 1 is 1.03 bits per heavy atom. The average molecular weight is 436 g/mol. The molecule has 3 aromatic rings. The molecule has 2 aliphatic heterocycles. The van der Waals surface area contributed by atoms with Crippen molar-refractivity contribution in [2.45, 2.75) is 25.8 Å². The van der Waals surface area contributed by atoms with Crippen LogP contribution >= 0.6 is 0 Å². The molecule has 0 saturated carbocycles. The van der Waals surface area contributed by atoms with Crippen molar-refractivity contribution < 1.29 is 9.53 Å². The molecule has 1 aromatic carbocycles. The molecule has 4 heterocycles. The summed E-state index contributed by atoms with van der Waals surface area (Å²) in [6.07, 6.45) is 3.24. The number of amides is 1. The maximum absolute atomic E-state index is 12.9. The predicted octanol–water partition coefficient (Wildman–Crippen LogP) is 2.05. The predicted molar refractivity (Wildman–Crippen MR) is 122 cm³/mol. The van der Waals surface area contributed by atoms with Gasteiger partial charge in [0.15, 0.2) is 5.65 Å². The van der Waals surface area contributed by atoms with Gasteiger partial charge in [-0.05, 0) is 49.6 Å². The Morgan fingerprint density at radius 2 is 1.78 bits per heavy atom. The van der Waals surface area contributed by atoms with Gasteiger partial charge >= 0.3 is 0 Å². The van der Waals surface area contributed by atoms with Gasteiger partial charge in [-0.15, -0.1) is 15.3 Å². The first-order chi connectivity index (χ1) is 15.7. The van der Waals surface area contributed by atoms with E-state index in [2.05, 4.69) is 61.6 Å². The minimum atomic E-state index is -0.0166. The van der Waals surface area contributed by atoms with E-state index < -0.39 is 0 Å². The van der Waals surface area contributed by atoms with E-state index in [0.29, 0.717) is 0 Å². The number of carbonyl (C=O) groups excluding carboxylic acids is 1. The number of hydrogen-bond acceptors (Lipinski definition) is 7. The lowest BCUT2D eigenvalue weighted by Gasteiger charge is -2.32. The Balaban J connectivity index is 1.14. The first-order valence-electron chi connectivity index (χ1n) is 11.3. The fourth-order valence-corrected chi connectivity index (χ4v) is 4.47. The van der Waals surface area contributed by atoms with Crippen LogP contribution < -0.4 is 15.1 Å². The summed E-state index contributed by atoms with van der Waals surface area (Å²) in [5.74, 6) is 1.06. The molecule has 2 aromatic heterocycles. The fraction of sp³-hybridized carbons (Fsp3) is 0.478. The molecular weight excluding hydrogens is 406 g/mol. The molecule has 1 atom stereocenters. The minimum Gasteiger partial charge on any atom is -0.378 e. The third kappa shape index (κ3) is 4.38.